The second kappa shape index (κ2) is 6.92. The van der Waals surface area contributed by atoms with Crippen LogP contribution in [0.5, 0.6) is 0 Å². The summed E-state index contributed by atoms with van der Waals surface area (Å²) in [6.45, 7) is 1.64. The number of aryl methyl sites for hydroxylation is 1. The summed E-state index contributed by atoms with van der Waals surface area (Å²) in [5.74, 6) is 1.12. The van der Waals surface area contributed by atoms with Gasteiger partial charge in [-0.2, -0.15) is 0 Å². The molecule has 0 amide bonds. The summed E-state index contributed by atoms with van der Waals surface area (Å²) in [6, 6.07) is 3.79. The van der Waals surface area contributed by atoms with Gasteiger partial charge in [-0.25, -0.2) is 13.8 Å². The molecular formula is C13H16F2N2O2S. The minimum atomic E-state index is -2.44. The van der Waals surface area contributed by atoms with Crippen molar-refractivity contribution in [2.24, 2.45) is 0 Å². The molecule has 2 aromatic rings. The third kappa shape index (κ3) is 3.84. The number of aliphatic hydroxyl groups is 1. The number of rotatable bonds is 7. The molecule has 0 saturated heterocycles. The van der Waals surface area contributed by atoms with Gasteiger partial charge in [0.1, 0.15) is 5.76 Å². The fourth-order valence-corrected chi connectivity index (χ4v) is 2.51. The highest BCUT2D eigenvalue weighted by molar-refractivity contribution is 7.13. The van der Waals surface area contributed by atoms with Gasteiger partial charge < -0.3 is 9.52 Å². The lowest BCUT2D eigenvalue weighted by atomic mass is 10.3. The molecule has 0 spiro atoms. The number of halogens is 2. The van der Waals surface area contributed by atoms with Crippen molar-refractivity contribution in [3.8, 4) is 10.8 Å². The molecule has 2 rings (SSSR count). The van der Waals surface area contributed by atoms with E-state index in [-0.39, 0.29) is 26.2 Å². The Balaban J connectivity index is 2.11. The zero-order chi connectivity index (χ0) is 14.5. The number of hydrogen-bond acceptors (Lipinski definition) is 5. The van der Waals surface area contributed by atoms with Crippen molar-refractivity contribution in [2.45, 2.75) is 19.9 Å². The average molecular weight is 302 g/mol. The highest BCUT2D eigenvalue weighted by atomic mass is 32.1. The van der Waals surface area contributed by atoms with Crippen molar-refractivity contribution in [2.75, 3.05) is 19.7 Å². The molecule has 0 radical (unpaired) electrons. The number of thiophene rings is 1. The second-order valence-electron chi connectivity index (χ2n) is 4.35. The molecule has 0 aliphatic carbocycles. The number of aromatic nitrogens is 1. The van der Waals surface area contributed by atoms with Crippen molar-refractivity contribution in [3.05, 3.63) is 29.0 Å². The molecule has 110 valence electrons. The zero-order valence-electron chi connectivity index (χ0n) is 11.1. The van der Waals surface area contributed by atoms with E-state index in [1.165, 1.54) is 16.2 Å². The standard InChI is InChI=1S/C13H16F2N2O2S/c1-9-10(7-17(4-5-18)8-12(14)15)16-13(19-9)11-3-2-6-20-11/h2-3,6,12,18H,4-5,7-8H2,1H3. The van der Waals surface area contributed by atoms with Crippen molar-refractivity contribution >= 4 is 11.3 Å². The molecule has 0 aliphatic rings. The van der Waals surface area contributed by atoms with Crippen LogP contribution in [0.25, 0.3) is 10.8 Å². The third-order valence-electron chi connectivity index (χ3n) is 2.81. The van der Waals surface area contributed by atoms with Crippen LogP contribution in [0, 0.1) is 6.92 Å². The summed E-state index contributed by atoms with van der Waals surface area (Å²) in [5, 5.41) is 10.8. The molecule has 0 bridgehead atoms. The van der Waals surface area contributed by atoms with E-state index in [1.807, 2.05) is 17.5 Å². The molecule has 20 heavy (non-hydrogen) atoms. The Bertz CT molecular complexity index is 528. The molecule has 0 aliphatic heterocycles. The molecule has 2 heterocycles. The number of aliphatic hydroxyl groups excluding tert-OH is 1. The van der Waals surface area contributed by atoms with Crippen LogP contribution in [-0.2, 0) is 6.54 Å². The maximum Gasteiger partial charge on any atom is 0.251 e. The predicted molar refractivity (Wildman–Crippen MR) is 72.9 cm³/mol. The first kappa shape index (κ1) is 15.1. The maximum atomic E-state index is 12.5. The van der Waals surface area contributed by atoms with E-state index in [4.69, 9.17) is 9.52 Å². The van der Waals surface area contributed by atoms with Gasteiger partial charge in [0.2, 0.25) is 5.89 Å². The fraction of sp³-hybridized carbons (Fsp3) is 0.462. The van der Waals surface area contributed by atoms with E-state index in [0.29, 0.717) is 17.3 Å². The predicted octanol–water partition coefficient (Wildman–Crippen LogP) is 2.77. The van der Waals surface area contributed by atoms with E-state index >= 15 is 0 Å². The van der Waals surface area contributed by atoms with Gasteiger partial charge in [0.15, 0.2) is 0 Å². The number of alkyl halides is 2. The van der Waals surface area contributed by atoms with Gasteiger partial charge in [-0.15, -0.1) is 11.3 Å². The molecule has 7 heteroatoms. The Labute approximate surface area is 119 Å². The minimum absolute atomic E-state index is 0.165. The number of hydrogen-bond donors (Lipinski definition) is 1. The fourth-order valence-electron chi connectivity index (χ4n) is 1.86. The molecule has 2 aromatic heterocycles. The normalized spacial score (nSPS) is 11.7. The summed E-state index contributed by atoms with van der Waals surface area (Å²) in [6.07, 6.45) is -2.44. The lowest BCUT2D eigenvalue weighted by Crippen LogP contribution is -2.31. The van der Waals surface area contributed by atoms with E-state index < -0.39 is 6.43 Å². The largest absolute Gasteiger partial charge is 0.440 e. The Morgan fingerprint density at radius 1 is 1.50 bits per heavy atom. The number of nitrogens with zero attached hydrogens (tertiary/aromatic N) is 2. The molecule has 0 saturated carbocycles. The van der Waals surface area contributed by atoms with E-state index in [1.54, 1.807) is 6.92 Å². The van der Waals surface area contributed by atoms with Crippen molar-refractivity contribution in [1.29, 1.82) is 0 Å². The molecule has 4 nitrogen and oxygen atoms in total. The monoisotopic (exact) mass is 302 g/mol. The van der Waals surface area contributed by atoms with Gasteiger partial charge in [0.05, 0.1) is 23.7 Å². The van der Waals surface area contributed by atoms with Gasteiger partial charge in [-0.05, 0) is 18.4 Å². The maximum absolute atomic E-state index is 12.5. The molecular weight excluding hydrogens is 286 g/mol. The smallest absolute Gasteiger partial charge is 0.251 e. The SMILES string of the molecule is Cc1oc(-c2cccs2)nc1CN(CCO)CC(F)F. The Morgan fingerprint density at radius 3 is 2.90 bits per heavy atom. The van der Waals surface area contributed by atoms with Crippen LogP contribution in [0.3, 0.4) is 0 Å². The van der Waals surface area contributed by atoms with Crippen LogP contribution in [0.1, 0.15) is 11.5 Å². The van der Waals surface area contributed by atoms with Gasteiger partial charge in [-0.3, -0.25) is 4.90 Å². The summed E-state index contributed by atoms with van der Waals surface area (Å²) < 4.78 is 30.5. The third-order valence-corrected chi connectivity index (χ3v) is 3.67. The lowest BCUT2D eigenvalue weighted by molar-refractivity contribution is 0.0739. The average Bonchev–Trinajstić information content (AvgIpc) is 2.99. The van der Waals surface area contributed by atoms with Gasteiger partial charge in [0, 0.05) is 13.1 Å². The van der Waals surface area contributed by atoms with Crippen molar-refractivity contribution < 1.29 is 18.3 Å². The van der Waals surface area contributed by atoms with E-state index in [9.17, 15) is 8.78 Å². The highest BCUT2D eigenvalue weighted by Crippen LogP contribution is 2.26. The minimum Gasteiger partial charge on any atom is -0.440 e. The van der Waals surface area contributed by atoms with Crippen LogP contribution >= 0.6 is 11.3 Å². The molecule has 0 fully saturated rings. The summed E-state index contributed by atoms with van der Waals surface area (Å²) in [7, 11) is 0. The van der Waals surface area contributed by atoms with Crippen LogP contribution in [0.2, 0.25) is 0 Å². The van der Waals surface area contributed by atoms with Crippen molar-refractivity contribution in [3.63, 3.8) is 0 Å². The molecule has 0 unspecified atom stereocenters. The summed E-state index contributed by atoms with van der Waals surface area (Å²) in [5.41, 5.74) is 0.627. The molecule has 0 aromatic carbocycles. The lowest BCUT2D eigenvalue weighted by Gasteiger charge is -2.19. The Kier molecular flexibility index (Phi) is 5.22. The van der Waals surface area contributed by atoms with E-state index in [0.717, 1.165) is 4.88 Å². The quantitative estimate of drug-likeness (QED) is 0.854. The van der Waals surface area contributed by atoms with Crippen LogP contribution in [0.4, 0.5) is 8.78 Å². The van der Waals surface area contributed by atoms with Crippen LogP contribution in [0.15, 0.2) is 21.9 Å². The Morgan fingerprint density at radius 2 is 2.30 bits per heavy atom. The van der Waals surface area contributed by atoms with Crippen molar-refractivity contribution in [1.82, 2.24) is 9.88 Å². The second-order valence-corrected chi connectivity index (χ2v) is 5.30. The molecule has 0 atom stereocenters. The van der Waals surface area contributed by atoms with Gasteiger partial charge in [-0.1, -0.05) is 6.07 Å². The first-order chi connectivity index (χ1) is 9.60. The number of oxazole rings is 1. The summed E-state index contributed by atoms with van der Waals surface area (Å²) >= 11 is 1.51. The molecule has 1 N–H and O–H groups in total. The summed E-state index contributed by atoms with van der Waals surface area (Å²) in [4.78, 5) is 6.73. The highest BCUT2D eigenvalue weighted by Gasteiger charge is 2.17. The topological polar surface area (TPSA) is 49.5 Å². The Hall–Kier alpha value is -1.31. The van der Waals surface area contributed by atoms with Crippen LogP contribution < -0.4 is 0 Å². The van der Waals surface area contributed by atoms with Gasteiger partial charge >= 0.3 is 0 Å². The van der Waals surface area contributed by atoms with E-state index in [2.05, 4.69) is 4.98 Å². The zero-order valence-corrected chi connectivity index (χ0v) is 11.9. The first-order valence-electron chi connectivity index (χ1n) is 6.21. The first-order valence-corrected chi connectivity index (χ1v) is 7.09. The van der Waals surface area contributed by atoms with Crippen LogP contribution in [-0.4, -0.2) is 41.1 Å². The van der Waals surface area contributed by atoms with Gasteiger partial charge in [0.25, 0.3) is 6.43 Å².